The van der Waals surface area contributed by atoms with Gasteiger partial charge in [-0.3, -0.25) is 0 Å². The number of carbonyl (C=O) groups excluding carboxylic acids is 1. The maximum absolute atomic E-state index is 12.2. The third kappa shape index (κ3) is 4.31. The zero-order chi connectivity index (χ0) is 15.3. The summed E-state index contributed by atoms with van der Waals surface area (Å²) in [5.41, 5.74) is -0.452. The molecule has 20 heavy (non-hydrogen) atoms. The number of hydrogen-bond acceptors (Lipinski definition) is 5. The third-order valence-corrected chi connectivity index (χ3v) is 3.47. The Bertz CT molecular complexity index is 588. The number of benzene rings is 1. The summed E-state index contributed by atoms with van der Waals surface area (Å²) in [7, 11) is 0.703. The van der Waals surface area contributed by atoms with E-state index in [0.29, 0.717) is 6.42 Å². The molecule has 0 amide bonds. The van der Waals surface area contributed by atoms with Crippen molar-refractivity contribution in [3.8, 4) is 5.75 Å². The molecule has 0 radical (unpaired) electrons. The average Bonchev–Trinajstić information content (AvgIpc) is 2.33. The van der Waals surface area contributed by atoms with Crippen molar-refractivity contribution in [2.24, 2.45) is 0 Å². The highest BCUT2D eigenvalue weighted by atomic mass is 35.7. The van der Waals surface area contributed by atoms with E-state index in [1.54, 1.807) is 6.92 Å². The molecule has 5 nitrogen and oxygen atoms in total. The first-order valence-corrected chi connectivity index (χ1v) is 7.78. The van der Waals surface area contributed by atoms with Crippen molar-refractivity contribution >= 4 is 25.7 Å². The molecule has 1 aromatic carbocycles. The molecule has 1 rings (SSSR count). The Hall–Kier alpha value is -1.41. The van der Waals surface area contributed by atoms with Gasteiger partial charge in [-0.05, 0) is 18.6 Å². The molecule has 0 unspecified atom stereocenters. The van der Waals surface area contributed by atoms with Crippen LogP contribution in [0.15, 0.2) is 23.1 Å². The van der Waals surface area contributed by atoms with Crippen LogP contribution in [-0.2, 0) is 13.8 Å². The SMILES string of the molecule is CCCOC(=O)c1cccc(OC(F)F)c1S(=O)(=O)Cl. The lowest BCUT2D eigenvalue weighted by Gasteiger charge is -2.12. The van der Waals surface area contributed by atoms with Gasteiger partial charge in [0.05, 0.1) is 12.2 Å². The Kier molecular flexibility index (Phi) is 5.70. The fourth-order valence-electron chi connectivity index (χ4n) is 1.39. The molecule has 0 aliphatic carbocycles. The molecule has 0 N–H and O–H groups in total. The molecule has 0 bridgehead atoms. The highest BCUT2D eigenvalue weighted by molar-refractivity contribution is 8.13. The summed E-state index contributed by atoms with van der Waals surface area (Å²) in [5.74, 6) is -1.69. The molecular formula is C11H11ClF2O5S. The minimum atomic E-state index is -4.47. The van der Waals surface area contributed by atoms with Gasteiger partial charge in [-0.15, -0.1) is 0 Å². The van der Waals surface area contributed by atoms with Crippen molar-refractivity contribution in [1.82, 2.24) is 0 Å². The average molecular weight is 329 g/mol. The Labute approximate surface area is 118 Å². The van der Waals surface area contributed by atoms with Gasteiger partial charge in [-0.2, -0.15) is 8.78 Å². The first kappa shape index (κ1) is 16.6. The summed E-state index contributed by atoms with van der Waals surface area (Å²) < 4.78 is 56.3. The molecule has 0 saturated carbocycles. The molecule has 0 atom stereocenters. The lowest BCUT2D eigenvalue weighted by molar-refractivity contribution is -0.0518. The van der Waals surface area contributed by atoms with Crippen LogP contribution in [0.25, 0.3) is 0 Å². The number of rotatable bonds is 6. The van der Waals surface area contributed by atoms with Crippen LogP contribution in [-0.4, -0.2) is 27.6 Å². The van der Waals surface area contributed by atoms with Crippen molar-refractivity contribution < 1.29 is 31.5 Å². The van der Waals surface area contributed by atoms with E-state index in [0.717, 1.165) is 12.1 Å². The molecular weight excluding hydrogens is 318 g/mol. The maximum Gasteiger partial charge on any atom is 0.387 e. The monoisotopic (exact) mass is 328 g/mol. The smallest absolute Gasteiger partial charge is 0.387 e. The number of hydrogen-bond donors (Lipinski definition) is 0. The largest absolute Gasteiger partial charge is 0.462 e. The molecule has 1 aromatic rings. The summed E-state index contributed by atoms with van der Waals surface area (Å²) >= 11 is 0. The first-order valence-electron chi connectivity index (χ1n) is 5.47. The zero-order valence-electron chi connectivity index (χ0n) is 10.3. The Morgan fingerprint density at radius 1 is 1.40 bits per heavy atom. The van der Waals surface area contributed by atoms with Gasteiger partial charge in [-0.1, -0.05) is 13.0 Å². The van der Waals surface area contributed by atoms with Gasteiger partial charge in [0.15, 0.2) is 0 Å². The second kappa shape index (κ2) is 6.85. The van der Waals surface area contributed by atoms with Crippen LogP contribution in [0.4, 0.5) is 8.78 Å². The van der Waals surface area contributed by atoms with Crippen molar-refractivity contribution in [3.05, 3.63) is 23.8 Å². The van der Waals surface area contributed by atoms with E-state index in [4.69, 9.17) is 15.4 Å². The first-order chi connectivity index (χ1) is 9.27. The van der Waals surface area contributed by atoms with E-state index >= 15 is 0 Å². The predicted octanol–water partition coefficient (Wildman–Crippen LogP) is 2.78. The van der Waals surface area contributed by atoms with E-state index in [-0.39, 0.29) is 6.61 Å². The topological polar surface area (TPSA) is 69.7 Å². The number of halogens is 3. The van der Waals surface area contributed by atoms with E-state index in [2.05, 4.69) is 4.74 Å². The minimum absolute atomic E-state index is 0.0561. The number of ether oxygens (including phenoxy) is 2. The molecule has 0 aliphatic rings. The van der Waals surface area contributed by atoms with Crippen LogP contribution < -0.4 is 4.74 Å². The third-order valence-electron chi connectivity index (χ3n) is 2.10. The zero-order valence-corrected chi connectivity index (χ0v) is 11.9. The molecule has 112 valence electrons. The second-order valence-electron chi connectivity index (χ2n) is 3.59. The van der Waals surface area contributed by atoms with Gasteiger partial charge in [-0.25, -0.2) is 13.2 Å². The van der Waals surface area contributed by atoms with E-state index in [1.807, 2.05) is 0 Å². The highest BCUT2D eigenvalue weighted by Gasteiger charge is 2.27. The molecule has 0 aliphatic heterocycles. The standard InChI is InChI=1S/C11H11ClF2O5S/c1-2-6-18-10(15)7-4-3-5-8(19-11(13)14)9(7)20(12,16)17/h3-5,11H,2,6H2,1H3. The minimum Gasteiger partial charge on any atom is -0.462 e. The van der Waals surface area contributed by atoms with E-state index in [9.17, 15) is 22.0 Å². The lowest BCUT2D eigenvalue weighted by atomic mass is 10.2. The lowest BCUT2D eigenvalue weighted by Crippen LogP contribution is -2.13. The number of carbonyl (C=O) groups is 1. The number of alkyl halides is 2. The van der Waals surface area contributed by atoms with Crippen LogP contribution in [0.1, 0.15) is 23.7 Å². The molecule has 0 aromatic heterocycles. The van der Waals surface area contributed by atoms with E-state index < -0.39 is 37.8 Å². The Morgan fingerprint density at radius 2 is 2.05 bits per heavy atom. The summed E-state index contributed by atoms with van der Waals surface area (Å²) in [5, 5.41) is 0. The Balaban J connectivity index is 3.34. The molecule has 0 heterocycles. The molecule has 0 fully saturated rings. The summed E-state index contributed by atoms with van der Waals surface area (Å²) in [6.45, 7) is -1.46. The van der Waals surface area contributed by atoms with Crippen LogP contribution in [0.5, 0.6) is 5.75 Å². The Morgan fingerprint density at radius 3 is 2.55 bits per heavy atom. The van der Waals surface area contributed by atoms with Crippen molar-refractivity contribution in [2.75, 3.05) is 6.61 Å². The van der Waals surface area contributed by atoms with E-state index in [1.165, 1.54) is 6.07 Å². The highest BCUT2D eigenvalue weighted by Crippen LogP contribution is 2.32. The fraction of sp³-hybridized carbons (Fsp3) is 0.364. The quantitative estimate of drug-likeness (QED) is 0.593. The van der Waals surface area contributed by atoms with Gasteiger partial charge in [0.2, 0.25) is 0 Å². The predicted molar refractivity (Wildman–Crippen MR) is 66.7 cm³/mol. The van der Waals surface area contributed by atoms with Gasteiger partial charge in [0.25, 0.3) is 9.05 Å². The maximum atomic E-state index is 12.2. The number of esters is 1. The molecule has 0 saturated heterocycles. The van der Waals surface area contributed by atoms with Crippen LogP contribution in [0, 0.1) is 0 Å². The van der Waals surface area contributed by atoms with Crippen LogP contribution >= 0.6 is 10.7 Å². The van der Waals surface area contributed by atoms with Gasteiger partial charge in [0.1, 0.15) is 10.6 Å². The second-order valence-corrected chi connectivity index (χ2v) is 6.09. The molecule has 9 heteroatoms. The summed E-state index contributed by atoms with van der Waals surface area (Å²) in [6.07, 6.45) is 0.516. The summed E-state index contributed by atoms with van der Waals surface area (Å²) in [6, 6.07) is 3.26. The van der Waals surface area contributed by atoms with Crippen LogP contribution in [0.2, 0.25) is 0 Å². The molecule has 0 spiro atoms. The van der Waals surface area contributed by atoms with Gasteiger partial charge >= 0.3 is 12.6 Å². The fourth-order valence-corrected chi connectivity index (χ4v) is 2.64. The van der Waals surface area contributed by atoms with Crippen molar-refractivity contribution in [3.63, 3.8) is 0 Å². The normalized spacial score (nSPS) is 11.4. The van der Waals surface area contributed by atoms with Gasteiger partial charge < -0.3 is 9.47 Å². The van der Waals surface area contributed by atoms with Crippen LogP contribution in [0.3, 0.4) is 0 Å². The summed E-state index contributed by atoms with van der Waals surface area (Å²) in [4.78, 5) is 10.9. The van der Waals surface area contributed by atoms with Gasteiger partial charge in [0, 0.05) is 10.7 Å². The van der Waals surface area contributed by atoms with Crippen molar-refractivity contribution in [2.45, 2.75) is 24.9 Å². The van der Waals surface area contributed by atoms with Crippen molar-refractivity contribution in [1.29, 1.82) is 0 Å².